The van der Waals surface area contributed by atoms with Gasteiger partial charge in [-0.25, -0.2) is 17.8 Å². The molecule has 3 aromatic rings. The Morgan fingerprint density at radius 2 is 1.86 bits per heavy atom. The van der Waals surface area contributed by atoms with Crippen LogP contribution in [-0.4, -0.2) is 71.6 Å². The third-order valence-electron chi connectivity index (χ3n) is 6.46. The van der Waals surface area contributed by atoms with Crippen molar-refractivity contribution in [1.82, 2.24) is 14.3 Å². The minimum absolute atomic E-state index is 0.0301. The van der Waals surface area contributed by atoms with E-state index in [4.69, 9.17) is 0 Å². The summed E-state index contributed by atoms with van der Waals surface area (Å²) in [5, 5.41) is 0.230. The number of hydrogen-bond donors (Lipinski definition) is 1. The molecular weight excluding hydrogens is 503 g/mol. The summed E-state index contributed by atoms with van der Waals surface area (Å²) in [4.78, 5) is 21.4. The topological polar surface area (TPSA) is 98.5 Å². The molecule has 1 aromatic heterocycles. The van der Waals surface area contributed by atoms with Crippen molar-refractivity contribution in [2.24, 2.45) is 0 Å². The van der Waals surface area contributed by atoms with Gasteiger partial charge in [-0.3, -0.25) is 9.52 Å². The Balaban J connectivity index is 1.19. The fourth-order valence-corrected chi connectivity index (χ4v) is 6.35. The molecule has 1 N–H and O–H groups in total. The minimum atomic E-state index is -3.75. The first kappa shape index (κ1) is 24.3. The van der Waals surface area contributed by atoms with Gasteiger partial charge < -0.3 is 9.80 Å². The van der Waals surface area contributed by atoms with E-state index in [-0.39, 0.29) is 27.8 Å². The maximum absolute atomic E-state index is 13.5. The van der Waals surface area contributed by atoms with Crippen molar-refractivity contribution in [3.05, 3.63) is 59.7 Å². The highest BCUT2D eigenvalue weighted by molar-refractivity contribution is 7.93. The number of carbonyl (C=O) groups is 1. The molecule has 188 valence electrons. The van der Waals surface area contributed by atoms with Crippen LogP contribution in [0, 0.1) is 12.7 Å². The number of nitrogens with zero attached hydrogens (tertiary/aromatic N) is 5. The van der Waals surface area contributed by atoms with Crippen molar-refractivity contribution in [1.29, 1.82) is 0 Å². The minimum Gasteiger partial charge on any atom is -0.368 e. The van der Waals surface area contributed by atoms with E-state index < -0.39 is 10.0 Å². The number of aryl methyl sites for hydroxylation is 1. The summed E-state index contributed by atoms with van der Waals surface area (Å²) in [6.07, 6.45) is 2.56. The molecule has 1 atom stereocenters. The molecule has 2 aliphatic rings. The molecule has 1 saturated heterocycles. The monoisotopic (exact) mass is 529 g/mol. The van der Waals surface area contributed by atoms with Gasteiger partial charge in [0.2, 0.25) is 16.9 Å². The second kappa shape index (κ2) is 9.58. The Labute approximate surface area is 213 Å². The van der Waals surface area contributed by atoms with E-state index in [1.165, 1.54) is 12.1 Å². The molecule has 0 bridgehead atoms. The van der Waals surface area contributed by atoms with Gasteiger partial charge in [0.05, 0.1) is 11.3 Å². The van der Waals surface area contributed by atoms with Crippen LogP contribution in [0.25, 0.3) is 0 Å². The van der Waals surface area contributed by atoms with Crippen LogP contribution in [0.4, 0.5) is 20.9 Å². The maximum atomic E-state index is 13.5. The molecule has 12 heteroatoms. The standard InChI is InChI=1S/C24H26FN6O3S2/c1-16(31-10-9-18-15-19(25)3-8-22(18)31)23(32)30-13-11-29(12-14-30)20-4-6-21(7-5-20)36(33,34)28-24-26-17(2)27-35-24/h3-8,10,15-16H,9,11-14H2,1-2H3,(H,26,27,28)/q+1. The average Bonchev–Trinajstić information content (AvgIpc) is 3.48. The van der Waals surface area contributed by atoms with Crippen LogP contribution in [0.1, 0.15) is 18.3 Å². The number of halogens is 1. The number of benzene rings is 2. The predicted molar refractivity (Wildman–Crippen MR) is 136 cm³/mol. The van der Waals surface area contributed by atoms with E-state index in [1.54, 1.807) is 37.3 Å². The summed E-state index contributed by atoms with van der Waals surface area (Å²) < 4.78 is 47.2. The van der Waals surface area contributed by atoms with E-state index in [0.29, 0.717) is 38.4 Å². The quantitative estimate of drug-likeness (QED) is 0.493. The van der Waals surface area contributed by atoms with Gasteiger partial charge in [-0.1, -0.05) is 0 Å². The fourth-order valence-electron chi connectivity index (χ4n) is 4.55. The third-order valence-corrected chi connectivity index (χ3v) is 8.66. The van der Waals surface area contributed by atoms with E-state index in [1.807, 2.05) is 22.6 Å². The second-order valence-corrected chi connectivity index (χ2v) is 11.2. The molecular formula is C24H26FN6O3S2+. The van der Waals surface area contributed by atoms with Crippen molar-refractivity contribution < 1.29 is 22.2 Å². The van der Waals surface area contributed by atoms with E-state index in [0.717, 1.165) is 28.5 Å². The summed E-state index contributed by atoms with van der Waals surface area (Å²) in [6.45, 7) is 5.97. The molecule has 2 aliphatic heterocycles. The molecule has 36 heavy (non-hydrogen) atoms. The number of amides is 1. The maximum Gasteiger partial charge on any atom is 0.291 e. The number of carbonyl (C=O) groups excluding carboxylic acids is 1. The number of aromatic nitrogens is 2. The molecule has 0 radical (unpaired) electrons. The average molecular weight is 530 g/mol. The van der Waals surface area contributed by atoms with Crippen LogP contribution in [0.2, 0.25) is 0 Å². The summed E-state index contributed by atoms with van der Waals surface area (Å²) in [7, 11) is -3.75. The summed E-state index contributed by atoms with van der Waals surface area (Å²) in [5.41, 5.74) is 2.66. The van der Waals surface area contributed by atoms with Crippen LogP contribution in [0.5, 0.6) is 0 Å². The van der Waals surface area contributed by atoms with Crippen LogP contribution < -0.4 is 9.62 Å². The van der Waals surface area contributed by atoms with Crippen molar-refractivity contribution in [2.45, 2.75) is 31.2 Å². The van der Waals surface area contributed by atoms with Crippen LogP contribution in [0.15, 0.2) is 47.4 Å². The molecule has 0 aliphatic carbocycles. The predicted octanol–water partition coefficient (Wildman–Crippen LogP) is 2.79. The molecule has 1 fully saturated rings. The Morgan fingerprint density at radius 3 is 2.53 bits per heavy atom. The summed E-state index contributed by atoms with van der Waals surface area (Å²) in [6, 6.07) is 11.0. The lowest BCUT2D eigenvalue weighted by Gasteiger charge is -2.36. The van der Waals surface area contributed by atoms with Crippen molar-refractivity contribution in [3.63, 3.8) is 0 Å². The van der Waals surface area contributed by atoms with Gasteiger partial charge in [0, 0.05) is 62.0 Å². The number of piperazine rings is 1. The zero-order valence-electron chi connectivity index (χ0n) is 19.9. The van der Waals surface area contributed by atoms with Crippen LogP contribution >= 0.6 is 11.5 Å². The van der Waals surface area contributed by atoms with E-state index >= 15 is 0 Å². The zero-order chi connectivity index (χ0) is 25.4. The smallest absolute Gasteiger partial charge is 0.291 e. The normalized spacial score (nSPS) is 16.5. The Morgan fingerprint density at radius 1 is 1.14 bits per heavy atom. The highest BCUT2D eigenvalue weighted by atomic mass is 32.2. The molecule has 2 aromatic carbocycles. The van der Waals surface area contributed by atoms with Gasteiger partial charge in [0.15, 0.2) is 6.21 Å². The fraction of sp³-hybridized carbons (Fsp3) is 0.333. The Bertz CT molecular complexity index is 1430. The number of fused-ring (bicyclic) bond motifs is 1. The van der Waals surface area contributed by atoms with Crippen LogP contribution in [-0.2, 0) is 21.2 Å². The molecule has 5 rings (SSSR count). The highest BCUT2D eigenvalue weighted by Crippen LogP contribution is 2.27. The van der Waals surface area contributed by atoms with E-state index in [9.17, 15) is 17.6 Å². The number of hydrogen-bond acceptors (Lipinski definition) is 7. The van der Waals surface area contributed by atoms with Gasteiger partial charge in [-0.2, -0.15) is 8.95 Å². The summed E-state index contributed by atoms with van der Waals surface area (Å²) >= 11 is 0.995. The van der Waals surface area contributed by atoms with Crippen molar-refractivity contribution in [3.8, 4) is 0 Å². The Hall–Kier alpha value is -3.38. The van der Waals surface area contributed by atoms with Crippen LogP contribution in [0.3, 0.4) is 0 Å². The van der Waals surface area contributed by atoms with Gasteiger partial charge >= 0.3 is 0 Å². The number of nitrogens with one attached hydrogen (secondary N) is 1. The number of anilines is 2. The SMILES string of the molecule is Cc1nsc(NS(=O)(=O)c2ccc(N3CCN(C(=O)C(C)[N+]4=CCc5cc(F)ccc54)CC3)cc2)n1. The molecule has 0 spiro atoms. The molecule has 9 nitrogen and oxygen atoms in total. The van der Waals surface area contributed by atoms with Gasteiger partial charge in [-0.15, -0.1) is 0 Å². The molecule has 1 amide bonds. The van der Waals surface area contributed by atoms with Crippen molar-refractivity contribution in [2.75, 3.05) is 35.8 Å². The first-order chi connectivity index (χ1) is 17.2. The first-order valence-corrected chi connectivity index (χ1v) is 13.8. The lowest BCUT2D eigenvalue weighted by Crippen LogP contribution is -2.52. The summed E-state index contributed by atoms with van der Waals surface area (Å²) in [5.74, 6) is 0.272. The van der Waals surface area contributed by atoms with Gasteiger partial charge in [0.25, 0.3) is 15.9 Å². The Kier molecular flexibility index (Phi) is 6.47. The van der Waals surface area contributed by atoms with Gasteiger partial charge in [0.1, 0.15) is 11.6 Å². The van der Waals surface area contributed by atoms with Gasteiger partial charge in [-0.05, 0) is 43.3 Å². The lowest BCUT2D eigenvalue weighted by atomic mass is 10.1. The molecule has 1 unspecified atom stereocenters. The lowest BCUT2D eigenvalue weighted by molar-refractivity contribution is -0.460. The number of rotatable bonds is 6. The number of sulfonamides is 1. The third kappa shape index (κ3) is 4.82. The zero-order valence-corrected chi connectivity index (χ0v) is 21.5. The largest absolute Gasteiger partial charge is 0.368 e. The first-order valence-electron chi connectivity index (χ1n) is 11.6. The molecule has 0 saturated carbocycles. The highest BCUT2D eigenvalue weighted by Gasteiger charge is 2.35. The van der Waals surface area contributed by atoms with E-state index in [2.05, 4.69) is 19.0 Å². The molecule has 3 heterocycles. The second-order valence-electron chi connectivity index (χ2n) is 8.80. The van der Waals surface area contributed by atoms with Crippen molar-refractivity contribution >= 4 is 50.2 Å².